The summed E-state index contributed by atoms with van der Waals surface area (Å²) in [5, 5.41) is 13.3. The minimum absolute atomic E-state index is 0.252. The molecule has 0 saturated heterocycles. The quantitative estimate of drug-likeness (QED) is 0.535. The van der Waals surface area contributed by atoms with Gasteiger partial charge in [-0.25, -0.2) is 0 Å². The van der Waals surface area contributed by atoms with E-state index in [2.05, 4.69) is 10.3 Å². The third kappa shape index (κ3) is 6.08. The van der Waals surface area contributed by atoms with Crippen LogP contribution in [0.15, 0.2) is 30.5 Å². The maximum Gasteiger partial charge on any atom is 0.242 e. The number of carbonyl (C=O) groups is 2. The van der Waals surface area contributed by atoms with Crippen LogP contribution in [0.5, 0.6) is 5.75 Å². The van der Waals surface area contributed by atoms with Crippen molar-refractivity contribution in [2.45, 2.75) is 44.8 Å². The number of pyridine rings is 1. The smallest absolute Gasteiger partial charge is 0.242 e. The summed E-state index contributed by atoms with van der Waals surface area (Å²) in [7, 11) is 0. The third-order valence-corrected chi connectivity index (χ3v) is 4.42. The highest BCUT2D eigenvalue weighted by atomic mass is 35.5. The molecule has 2 rings (SSSR count). The summed E-state index contributed by atoms with van der Waals surface area (Å²) in [5.41, 5.74) is 5.86. The Labute approximate surface area is 162 Å². The highest BCUT2D eigenvalue weighted by Gasteiger charge is 2.22. The number of halogens is 1. The minimum atomic E-state index is -1.06. The Morgan fingerprint density at radius 1 is 1.30 bits per heavy atom. The van der Waals surface area contributed by atoms with Crippen LogP contribution in [0.3, 0.4) is 0 Å². The van der Waals surface area contributed by atoms with Gasteiger partial charge in [0, 0.05) is 18.0 Å². The number of hydrogen-bond donors (Lipinski definition) is 3. The van der Waals surface area contributed by atoms with E-state index in [1.165, 1.54) is 6.92 Å². The average molecular weight is 394 g/mol. The number of primary amides is 1. The summed E-state index contributed by atoms with van der Waals surface area (Å²) in [6, 6.07) is 6.23. The van der Waals surface area contributed by atoms with Crippen LogP contribution in [0.25, 0.3) is 10.9 Å². The van der Waals surface area contributed by atoms with Gasteiger partial charge in [-0.3, -0.25) is 14.6 Å². The zero-order chi connectivity index (χ0) is 19.8. The van der Waals surface area contributed by atoms with Crippen molar-refractivity contribution < 1.29 is 19.4 Å². The molecule has 2 atom stereocenters. The van der Waals surface area contributed by atoms with Crippen LogP contribution >= 0.6 is 11.6 Å². The molecule has 1 aromatic heterocycles. The van der Waals surface area contributed by atoms with Gasteiger partial charge in [0.15, 0.2) is 0 Å². The van der Waals surface area contributed by atoms with Crippen molar-refractivity contribution in [3.05, 3.63) is 35.5 Å². The molecule has 1 heterocycles. The van der Waals surface area contributed by atoms with E-state index in [1.807, 2.05) is 12.1 Å². The summed E-state index contributed by atoms with van der Waals surface area (Å²) in [6.07, 6.45) is 3.10. The number of carbonyl (C=O) groups excluding carboxylic acids is 2. The number of hydrogen-bond acceptors (Lipinski definition) is 5. The topological polar surface area (TPSA) is 115 Å². The molecule has 0 fully saturated rings. The van der Waals surface area contributed by atoms with E-state index in [0.29, 0.717) is 23.8 Å². The second-order valence-corrected chi connectivity index (χ2v) is 6.70. The number of rotatable bonds is 10. The maximum absolute atomic E-state index is 11.8. The molecule has 0 bridgehead atoms. The van der Waals surface area contributed by atoms with Crippen LogP contribution in [0.2, 0.25) is 5.02 Å². The summed E-state index contributed by atoms with van der Waals surface area (Å²) < 4.78 is 5.79. The lowest BCUT2D eigenvalue weighted by molar-refractivity contribution is -0.129. The Bertz CT molecular complexity index is 798. The van der Waals surface area contributed by atoms with Gasteiger partial charge in [0.2, 0.25) is 11.8 Å². The third-order valence-electron chi connectivity index (χ3n) is 4.09. The summed E-state index contributed by atoms with van der Waals surface area (Å²) in [5.74, 6) is -0.391. The predicted molar refractivity (Wildman–Crippen MR) is 104 cm³/mol. The second-order valence-electron chi connectivity index (χ2n) is 6.29. The van der Waals surface area contributed by atoms with Crippen molar-refractivity contribution in [1.29, 1.82) is 0 Å². The number of benzene rings is 1. The number of fused-ring (bicyclic) bond motifs is 1. The first-order valence-electron chi connectivity index (χ1n) is 8.83. The van der Waals surface area contributed by atoms with E-state index < -0.39 is 18.1 Å². The molecule has 1 aromatic carbocycles. The monoisotopic (exact) mass is 393 g/mol. The molecule has 2 amide bonds. The van der Waals surface area contributed by atoms with Crippen LogP contribution < -0.4 is 15.8 Å². The Morgan fingerprint density at radius 3 is 2.78 bits per heavy atom. The fraction of sp³-hybridized carbons (Fsp3) is 0.421. The first kappa shape index (κ1) is 20.9. The van der Waals surface area contributed by atoms with Crippen molar-refractivity contribution in [2.75, 3.05) is 6.61 Å². The summed E-state index contributed by atoms with van der Waals surface area (Å²) in [4.78, 5) is 27.3. The molecule has 0 aliphatic rings. The number of nitrogens with zero attached hydrogens (tertiary/aromatic N) is 1. The van der Waals surface area contributed by atoms with Gasteiger partial charge in [0.05, 0.1) is 17.7 Å². The van der Waals surface area contributed by atoms with Gasteiger partial charge < -0.3 is 20.9 Å². The molecule has 0 spiro atoms. The predicted octanol–water partition coefficient (Wildman–Crippen LogP) is 2.18. The van der Waals surface area contributed by atoms with Gasteiger partial charge in [-0.2, -0.15) is 0 Å². The molecule has 2 aromatic rings. The van der Waals surface area contributed by atoms with Crippen molar-refractivity contribution in [1.82, 2.24) is 10.3 Å². The number of nitrogens with two attached hydrogens (primary N) is 1. The van der Waals surface area contributed by atoms with Crippen molar-refractivity contribution in [2.24, 2.45) is 5.73 Å². The minimum Gasteiger partial charge on any atom is -0.491 e. The van der Waals surface area contributed by atoms with Crippen LogP contribution in [-0.2, 0) is 9.59 Å². The zero-order valence-electron chi connectivity index (χ0n) is 15.2. The first-order valence-corrected chi connectivity index (χ1v) is 9.20. The van der Waals surface area contributed by atoms with E-state index in [9.17, 15) is 14.7 Å². The van der Waals surface area contributed by atoms with Gasteiger partial charge in [-0.1, -0.05) is 11.6 Å². The Balaban J connectivity index is 1.72. The van der Waals surface area contributed by atoms with Crippen LogP contribution in [0, 0.1) is 0 Å². The summed E-state index contributed by atoms with van der Waals surface area (Å²) in [6.45, 7) is 1.90. The van der Waals surface area contributed by atoms with E-state index >= 15 is 0 Å². The highest BCUT2D eigenvalue weighted by molar-refractivity contribution is 6.35. The maximum atomic E-state index is 11.8. The number of aliphatic hydroxyl groups excluding tert-OH is 1. The largest absolute Gasteiger partial charge is 0.491 e. The van der Waals surface area contributed by atoms with Crippen molar-refractivity contribution in [3.8, 4) is 5.75 Å². The van der Waals surface area contributed by atoms with Gasteiger partial charge in [0.25, 0.3) is 0 Å². The molecule has 0 saturated carbocycles. The van der Waals surface area contributed by atoms with Gasteiger partial charge >= 0.3 is 0 Å². The number of aliphatic hydroxyl groups is 1. The summed E-state index contributed by atoms with van der Waals surface area (Å²) >= 11 is 6.16. The zero-order valence-corrected chi connectivity index (χ0v) is 15.9. The second kappa shape index (κ2) is 10.1. The number of nitrogens with one attached hydrogen (secondary N) is 1. The van der Waals surface area contributed by atoms with Gasteiger partial charge in [-0.15, -0.1) is 0 Å². The standard InChI is InChI=1S/C19H24ClN3O4/c1-12(24)17(19(21)26)23-16(25)7-3-2-4-11-27-15-9-8-14(20)13-6-5-10-22-18(13)15/h5-6,8-10,12,17,24H,2-4,7,11H2,1H3,(H2,21,26)(H,23,25). The number of amides is 2. The first-order chi connectivity index (χ1) is 12.9. The molecule has 146 valence electrons. The van der Waals surface area contributed by atoms with Gasteiger partial charge in [0.1, 0.15) is 17.3 Å². The highest BCUT2D eigenvalue weighted by Crippen LogP contribution is 2.29. The Hall–Kier alpha value is -2.38. The molecule has 0 radical (unpaired) electrons. The van der Waals surface area contributed by atoms with Crippen LogP contribution in [-0.4, -0.2) is 40.7 Å². The Kier molecular flexibility index (Phi) is 7.82. The lowest BCUT2D eigenvalue weighted by atomic mass is 10.1. The average Bonchev–Trinajstić information content (AvgIpc) is 2.64. The molecule has 8 heteroatoms. The van der Waals surface area contributed by atoms with Gasteiger partial charge in [-0.05, 0) is 50.5 Å². The SMILES string of the molecule is CC(O)C(NC(=O)CCCCCOc1ccc(Cl)c2cccnc12)C(N)=O. The lowest BCUT2D eigenvalue weighted by Gasteiger charge is -2.17. The van der Waals surface area contributed by atoms with Crippen LogP contribution in [0.4, 0.5) is 0 Å². The molecule has 0 aliphatic heterocycles. The van der Waals surface area contributed by atoms with E-state index in [4.69, 9.17) is 22.1 Å². The fourth-order valence-corrected chi connectivity index (χ4v) is 2.87. The van der Waals surface area contributed by atoms with Crippen molar-refractivity contribution >= 4 is 34.3 Å². The number of ether oxygens (including phenoxy) is 1. The number of unbranched alkanes of at least 4 members (excludes halogenated alkanes) is 2. The number of aromatic nitrogens is 1. The van der Waals surface area contributed by atoms with E-state index in [-0.39, 0.29) is 12.3 Å². The molecule has 0 aliphatic carbocycles. The molecule has 7 nitrogen and oxygen atoms in total. The van der Waals surface area contributed by atoms with E-state index in [1.54, 1.807) is 18.3 Å². The lowest BCUT2D eigenvalue weighted by Crippen LogP contribution is -2.50. The van der Waals surface area contributed by atoms with Crippen molar-refractivity contribution in [3.63, 3.8) is 0 Å². The molecular weight excluding hydrogens is 370 g/mol. The fourth-order valence-electron chi connectivity index (χ4n) is 2.65. The molecule has 4 N–H and O–H groups in total. The Morgan fingerprint density at radius 2 is 2.07 bits per heavy atom. The molecule has 27 heavy (non-hydrogen) atoms. The van der Waals surface area contributed by atoms with Crippen LogP contribution in [0.1, 0.15) is 32.6 Å². The molecule has 2 unspecified atom stereocenters. The molecular formula is C19H24ClN3O4. The normalized spacial score (nSPS) is 13.1. The van der Waals surface area contributed by atoms with E-state index in [0.717, 1.165) is 23.7 Å².